The van der Waals surface area contributed by atoms with E-state index in [2.05, 4.69) is 20.9 Å². The van der Waals surface area contributed by atoms with Crippen LogP contribution in [0.1, 0.15) is 26.3 Å². The van der Waals surface area contributed by atoms with Gasteiger partial charge in [-0.3, -0.25) is 0 Å². The predicted octanol–water partition coefficient (Wildman–Crippen LogP) is 3.95. The van der Waals surface area contributed by atoms with Crippen molar-refractivity contribution in [2.75, 3.05) is 12.8 Å². The quantitative estimate of drug-likeness (QED) is 0.874. The molecule has 0 aliphatic rings. The van der Waals surface area contributed by atoms with Crippen LogP contribution in [0.25, 0.3) is 10.9 Å². The first kappa shape index (κ1) is 16.5. The van der Waals surface area contributed by atoms with Crippen molar-refractivity contribution in [1.82, 2.24) is 9.88 Å². The van der Waals surface area contributed by atoms with Gasteiger partial charge >= 0.3 is 6.09 Å². The van der Waals surface area contributed by atoms with Gasteiger partial charge in [-0.25, -0.2) is 9.78 Å². The van der Waals surface area contributed by atoms with Crippen molar-refractivity contribution >= 4 is 38.7 Å². The van der Waals surface area contributed by atoms with Crippen LogP contribution >= 0.6 is 15.9 Å². The van der Waals surface area contributed by atoms with Crippen molar-refractivity contribution in [2.45, 2.75) is 32.9 Å². The summed E-state index contributed by atoms with van der Waals surface area (Å²) in [5.41, 5.74) is 7.07. The number of rotatable bonds is 2. The van der Waals surface area contributed by atoms with Gasteiger partial charge in [0, 0.05) is 23.5 Å². The second-order valence-electron chi connectivity index (χ2n) is 6.20. The van der Waals surface area contributed by atoms with E-state index in [4.69, 9.17) is 10.5 Å². The molecule has 1 amide bonds. The van der Waals surface area contributed by atoms with E-state index in [1.165, 1.54) is 4.90 Å². The number of hydrogen-bond acceptors (Lipinski definition) is 4. The second-order valence-corrected chi connectivity index (χ2v) is 7.12. The molecule has 2 rings (SSSR count). The number of fused-ring (bicyclic) bond motifs is 1. The van der Waals surface area contributed by atoms with Crippen molar-refractivity contribution in [1.29, 1.82) is 0 Å². The molecule has 118 valence electrons. The van der Waals surface area contributed by atoms with E-state index in [-0.39, 0.29) is 6.09 Å². The molecule has 5 nitrogen and oxygen atoms in total. The first-order chi connectivity index (χ1) is 10.2. The molecule has 0 saturated heterocycles. The summed E-state index contributed by atoms with van der Waals surface area (Å²) in [6.45, 7) is 5.93. The first-order valence-corrected chi connectivity index (χ1v) is 7.74. The molecule has 0 fully saturated rings. The van der Waals surface area contributed by atoms with E-state index >= 15 is 0 Å². The Bertz CT molecular complexity index is 710. The standard InChI is InChI=1S/C16H20BrN3O2/c1-16(2,3)22-15(21)20(4)9-10-7-14(18)19-13-6-5-11(17)8-12(10)13/h5-8H,9H2,1-4H3,(H2,18,19). The highest BCUT2D eigenvalue weighted by molar-refractivity contribution is 9.10. The van der Waals surface area contributed by atoms with Crippen LogP contribution in [-0.4, -0.2) is 28.6 Å². The van der Waals surface area contributed by atoms with Crippen LogP contribution in [0.3, 0.4) is 0 Å². The first-order valence-electron chi connectivity index (χ1n) is 6.94. The molecule has 2 aromatic rings. The summed E-state index contributed by atoms with van der Waals surface area (Å²) in [6, 6.07) is 7.57. The average molecular weight is 366 g/mol. The maximum absolute atomic E-state index is 12.1. The number of hydrogen-bond donors (Lipinski definition) is 1. The van der Waals surface area contributed by atoms with E-state index in [1.807, 2.05) is 39.0 Å². The molecule has 0 aliphatic carbocycles. The Kier molecular flexibility index (Phi) is 4.60. The molecule has 2 N–H and O–H groups in total. The molecule has 0 spiro atoms. The Morgan fingerprint density at radius 2 is 2.05 bits per heavy atom. The number of nitrogens with two attached hydrogens (primary N) is 1. The third kappa shape index (κ3) is 4.10. The van der Waals surface area contributed by atoms with Crippen LogP contribution < -0.4 is 5.73 Å². The van der Waals surface area contributed by atoms with Gasteiger partial charge in [0.25, 0.3) is 0 Å². The molecule has 6 heteroatoms. The number of anilines is 1. The number of halogens is 1. The molecule has 0 bridgehead atoms. The summed E-state index contributed by atoms with van der Waals surface area (Å²) >= 11 is 3.46. The van der Waals surface area contributed by atoms with Crippen molar-refractivity contribution in [3.8, 4) is 0 Å². The molecular formula is C16H20BrN3O2. The number of nitrogens with zero attached hydrogens (tertiary/aromatic N) is 2. The maximum Gasteiger partial charge on any atom is 0.410 e. The summed E-state index contributed by atoms with van der Waals surface area (Å²) in [5.74, 6) is 0.433. The molecule has 0 aliphatic heterocycles. The van der Waals surface area contributed by atoms with Gasteiger partial charge in [0.2, 0.25) is 0 Å². The number of aromatic nitrogens is 1. The van der Waals surface area contributed by atoms with E-state index in [1.54, 1.807) is 13.1 Å². The van der Waals surface area contributed by atoms with Gasteiger partial charge in [0.05, 0.1) is 5.52 Å². The number of ether oxygens (including phenoxy) is 1. The zero-order valence-electron chi connectivity index (χ0n) is 13.2. The highest BCUT2D eigenvalue weighted by Gasteiger charge is 2.20. The normalized spacial score (nSPS) is 11.5. The van der Waals surface area contributed by atoms with E-state index in [0.29, 0.717) is 12.4 Å². The highest BCUT2D eigenvalue weighted by Crippen LogP contribution is 2.25. The van der Waals surface area contributed by atoms with E-state index < -0.39 is 5.60 Å². The molecule has 0 atom stereocenters. The van der Waals surface area contributed by atoms with Crippen molar-refractivity contribution in [2.24, 2.45) is 0 Å². The summed E-state index contributed by atoms with van der Waals surface area (Å²) in [5, 5.41) is 0.957. The lowest BCUT2D eigenvalue weighted by molar-refractivity contribution is 0.0286. The molecule has 0 radical (unpaired) electrons. The van der Waals surface area contributed by atoms with Crippen LogP contribution in [0.2, 0.25) is 0 Å². The van der Waals surface area contributed by atoms with Crippen LogP contribution in [0.15, 0.2) is 28.7 Å². The zero-order valence-corrected chi connectivity index (χ0v) is 14.8. The molecule has 1 aromatic carbocycles. The number of amides is 1. The number of carbonyl (C=O) groups excluding carboxylic acids is 1. The number of nitrogen functional groups attached to an aromatic ring is 1. The minimum absolute atomic E-state index is 0.369. The smallest absolute Gasteiger partial charge is 0.410 e. The summed E-state index contributed by atoms with van der Waals surface area (Å²) < 4.78 is 6.32. The fourth-order valence-corrected chi connectivity index (χ4v) is 2.44. The summed E-state index contributed by atoms with van der Waals surface area (Å²) in [4.78, 5) is 17.9. The van der Waals surface area contributed by atoms with Crippen LogP contribution in [-0.2, 0) is 11.3 Å². The SMILES string of the molecule is CN(Cc1cc(N)nc2ccc(Br)cc12)C(=O)OC(C)(C)C. The van der Waals surface area contributed by atoms with Gasteiger partial charge in [-0.2, -0.15) is 0 Å². The van der Waals surface area contributed by atoms with Crippen molar-refractivity contribution < 1.29 is 9.53 Å². The Morgan fingerprint density at radius 3 is 2.68 bits per heavy atom. The Hall–Kier alpha value is -1.82. The maximum atomic E-state index is 12.1. The Labute approximate surface area is 138 Å². The van der Waals surface area contributed by atoms with Gasteiger partial charge in [0.1, 0.15) is 11.4 Å². The molecule has 22 heavy (non-hydrogen) atoms. The minimum Gasteiger partial charge on any atom is -0.444 e. The van der Waals surface area contributed by atoms with Gasteiger partial charge in [-0.15, -0.1) is 0 Å². The molecule has 1 aromatic heterocycles. The average Bonchev–Trinajstić information content (AvgIpc) is 2.37. The molecule has 1 heterocycles. The minimum atomic E-state index is -0.520. The lowest BCUT2D eigenvalue weighted by atomic mass is 10.1. The Balaban J connectivity index is 2.31. The third-order valence-electron chi connectivity index (χ3n) is 2.99. The zero-order chi connectivity index (χ0) is 16.5. The molecule has 0 unspecified atom stereocenters. The Morgan fingerprint density at radius 1 is 1.36 bits per heavy atom. The molecule has 0 saturated carbocycles. The second kappa shape index (κ2) is 6.12. The van der Waals surface area contributed by atoms with Crippen LogP contribution in [0.5, 0.6) is 0 Å². The summed E-state index contributed by atoms with van der Waals surface area (Å²) in [7, 11) is 1.70. The van der Waals surface area contributed by atoms with E-state index in [0.717, 1.165) is 20.9 Å². The number of pyridine rings is 1. The van der Waals surface area contributed by atoms with Crippen LogP contribution in [0.4, 0.5) is 10.6 Å². The van der Waals surface area contributed by atoms with Crippen molar-refractivity contribution in [3.63, 3.8) is 0 Å². The fraction of sp³-hybridized carbons (Fsp3) is 0.375. The van der Waals surface area contributed by atoms with Crippen molar-refractivity contribution in [3.05, 3.63) is 34.3 Å². The largest absolute Gasteiger partial charge is 0.444 e. The lowest BCUT2D eigenvalue weighted by Crippen LogP contribution is -2.33. The number of benzene rings is 1. The summed E-state index contributed by atoms with van der Waals surface area (Å²) in [6.07, 6.45) is -0.369. The lowest BCUT2D eigenvalue weighted by Gasteiger charge is -2.25. The fourth-order valence-electron chi connectivity index (χ4n) is 2.08. The predicted molar refractivity (Wildman–Crippen MR) is 91.6 cm³/mol. The van der Waals surface area contributed by atoms with Gasteiger partial charge < -0.3 is 15.4 Å². The van der Waals surface area contributed by atoms with E-state index in [9.17, 15) is 4.79 Å². The highest BCUT2D eigenvalue weighted by atomic mass is 79.9. The number of carbonyl (C=O) groups is 1. The van der Waals surface area contributed by atoms with Crippen LogP contribution in [0, 0.1) is 0 Å². The molecular weight excluding hydrogens is 346 g/mol. The van der Waals surface area contributed by atoms with Gasteiger partial charge in [-0.1, -0.05) is 15.9 Å². The monoisotopic (exact) mass is 365 g/mol. The third-order valence-corrected chi connectivity index (χ3v) is 3.48. The van der Waals surface area contributed by atoms with Gasteiger partial charge in [0.15, 0.2) is 0 Å². The van der Waals surface area contributed by atoms with Gasteiger partial charge in [-0.05, 0) is 50.6 Å². The topological polar surface area (TPSA) is 68.5 Å².